The van der Waals surface area contributed by atoms with Crippen LogP contribution in [0.25, 0.3) is 6.08 Å². The van der Waals surface area contributed by atoms with E-state index in [1.165, 1.54) is 13.2 Å². The van der Waals surface area contributed by atoms with Crippen molar-refractivity contribution in [3.05, 3.63) is 54.1 Å². The van der Waals surface area contributed by atoms with Crippen LogP contribution in [-0.2, 0) is 4.79 Å². The lowest BCUT2D eigenvalue weighted by molar-refractivity contribution is -0.111. The van der Waals surface area contributed by atoms with Crippen LogP contribution in [0.15, 0.2) is 48.5 Å². The number of carbonyl (C=O) groups excluding carboxylic acids is 1. The van der Waals surface area contributed by atoms with Gasteiger partial charge < -0.3 is 20.5 Å². The van der Waals surface area contributed by atoms with Gasteiger partial charge in [0, 0.05) is 17.8 Å². The maximum absolute atomic E-state index is 12.0. The maximum atomic E-state index is 12.0. The van der Waals surface area contributed by atoms with Gasteiger partial charge in [-0.25, -0.2) is 0 Å². The minimum Gasteiger partial charge on any atom is -0.497 e. The fourth-order valence-corrected chi connectivity index (χ4v) is 1.86. The van der Waals surface area contributed by atoms with Crippen molar-refractivity contribution in [3.8, 4) is 11.5 Å². The first kappa shape index (κ1) is 15.4. The summed E-state index contributed by atoms with van der Waals surface area (Å²) in [5.41, 5.74) is 7.77. The highest BCUT2D eigenvalue weighted by atomic mass is 16.5. The van der Waals surface area contributed by atoms with Gasteiger partial charge in [0.05, 0.1) is 19.9 Å². The zero-order valence-corrected chi connectivity index (χ0v) is 12.5. The Kier molecular flexibility index (Phi) is 5.03. The molecule has 0 aliphatic heterocycles. The van der Waals surface area contributed by atoms with Crippen LogP contribution in [0.3, 0.4) is 0 Å². The van der Waals surface area contributed by atoms with Gasteiger partial charge in [0.1, 0.15) is 11.5 Å². The van der Waals surface area contributed by atoms with Crippen molar-refractivity contribution in [3.63, 3.8) is 0 Å². The fraction of sp³-hybridized carbons (Fsp3) is 0.118. The van der Waals surface area contributed by atoms with Crippen molar-refractivity contribution in [2.24, 2.45) is 0 Å². The highest BCUT2D eigenvalue weighted by Gasteiger charge is 2.06. The monoisotopic (exact) mass is 298 g/mol. The zero-order chi connectivity index (χ0) is 15.9. The lowest BCUT2D eigenvalue weighted by Crippen LogP contribution is -2.09. The molecule has 0 aromatic heterocycles. The molecule has 0 atom stereocenters. The van der Waals surface area contributed by atoms with Crippen LogP contribution in [-0.4, -0.2) is 20.1 Å². The van der Waals surface area contributed by atoms with Crippen molar-refractivity contribution in [2.75, 3.05) is 25.3 Å². The number of nitrogen functional groups attached to an aromatic ring is 1. The van der Waals surface area contributed by atoms with Crippen LogP contribution in [0, 0.1) is 0 Å². The third-order valence-electron chi connectivity index (χ3n) is 3.03. The molecule has 3 N–H and O–H groups in total. The molecular formula is C17H18N2O3. The van der Waals surface area contributed by atoms with Crippen LogP contribution in [0.4, 0.5) is 11.4 Å². The molecule has 22 heavy (non-hydrogen) atoms. The molecule has 114 valence electrons. The van der Waals surface area contributed by atoms with Gasteiger partial charge in [0.25, 0.3) is 0 Å². The number of carbonyl (C=O) groups is 1. The Morgan fingerprint density at radius 2 is 1.82 bits per heavy atom. The molecule has 0 bridgehead atoms. The Labute approximate surface area is 129 Å². The molecule has 0 spiro atoms. The number of nitrogens with one attached hydrogen (secondary N) is 1. The largest absolute Gasteiger partial charge is 0.497 e. The molecule has 0 heterocycles. The number of rotatable bonds is 5. The molecule has 0 aliphatic carbocycles. The summed E-state index contributed by atoms with van der Waals surface area (Å²) in [7, 11) is 3.11. The normalized spacial score (nSPS) is 10.5. The first-order chi connectivity index (χ1) is 10.6. The summed E-state index contributed by atoms with van der Waals surface area (Å²) in [6.07, 6.45) is 3.17. The van der Waals surface area contributed by atoms with Gasteiger partial charge >= 0.3 is 0 Å². The van der Waals surface area contributed by atoms with E-state index in [1.807, 2.05) is 12.1 Å². The average Bonchev–Trinajstić information content (AvgIpc) is 2.54. The van der Waals surface area contributed by atoms with Gasteiger partial charge in [0.15, 0.2) is 0 Å². The van der Waals surface area contributed by atoms with Crippen molar-refractivity contribution in [1.82, 2.24) is 0 Å². The second-order valence-corrected chi connectivity index (χ2v) is 4.56. The van der Waals surface area contributed by atoms with E-state index < -0.39 is 0 Å². The van der Waals surface area contributed by atoms with Gasteiger partial charge in [-0.3, -0.25) is 4.79 Å². The van der Waals surface area contributed by atoms with Crippen LogP contribution >= 0.6 is 0 Å². The molecule has 0 saturated carbocycles. The molecule has 5 nitrogen and oxygen atoms in total. The van der Waals surface area contributed by atoms with Gasteiger partial charge in [-0.05, 0) is 35.9 Å². The third-order valence-corrected chi connectivity index (χ3v) is 3.03. The molecule has 0 aliphatic rings. The minimum atomic E-state index is -0.250. The lowest BCUT2D eigenvalue weighted by Gasteiger charge is -2.10. The highest BCUT2D eigenvalue weighted by molar-refractivity contribution is 6.02. The average molecular weight is 298 g/mol. The number of nitrogens with two attached hydrogens (primary N) is 1. The van der Waals surface area contributed by atoms with Crippen LogP contribution in [0.2, 0.25) is 0 Å². The first-order valence-electron chi connectivity index (χ1n) is 6.69. The van der Waals surface area contributed by atoms with Gasteiger partial charge in [-0.15, -0.1) is 0 Å². The molecule has 0 radical (unpaired) electrons. The summed E-state index contributed by atoms with van der Waals surface area (Å²) in [5.74, 6) is 0.946. The fourth-order valence-electron chi connectivity index (χ4n) is 1.86. The highest BCUT2D eigenvalue weighted by Crippen LogP contribution is 2.28. The Morgan fingerprint density at radius 1 is 1.09 bits per heavy atom. The number of amides is 1. The topological polar surface area (TPSA) is 73.6 Å². The number of anilines is 2. The number of methoxy groups -OCH3 is 2. The Hall–Kier alpha value is -2.95. The van der Waals surface area contributed by atoms with E-state index in [2.05, 4.69) is 5.32 Å². The molecule has 0 fully saturated rings. The Morgan fingerprint density at radius 3 is 2.45 bits per heavy atom. The molecule has 5 heteroatoms. The van der Waals surface area contributed by atoms with Crippen molar-refractivity contribution in [2.45, 2.75) is 0 Å². The van der Waals surface area contributed by atoms with E-state index >= 15 is 0 Å². The molecule has 0 unspecified atom stereocenters. The van der Waals surface area contributed by atoms with E-state index in [4.69, 9.17) is 15.2 Å². The van der Waals surface area contributed by atoms with Gasteiger partial charge in [0.2, 0.25) is 5.91 Å². The van der Waals surface area contributed by atoms with E-state index in [-0.39, 0.29) is 5.91 Å². The maximum Gasteiger partial charge on any atom is 0.248 e. The number of ether oxygens (including phenoxy) is 2. The van der Waals surface area contributed by atoms with Crippen LogP contribution in [0.5, 0.6) is 11.5 Å². The molecule has 2 aromatic carbocycles. The second-order valence-electron chi connectivity index (χ2n) is 4.56. The van der Waals surface area contributed by atoms with Gasteiger partial charge in [-0.1, -0.05) is 12.1 Å². The summed E-state index contributed by atoms with van der Waals surface area (Å²) in [6.45, 7) is 0. The van der Waals surface area contributed by atoms with E-state index in [9.17, 15) is 4.79 Å². The van der Waals surface area contributed by atoms with Crippen molar-refractivity contribution >= 4 is 23.4 Å². The van der Waals surface area contributed by atoms with Crippen molar-refractivity contribution < 1.29 is 14.3 Å². The summed E-state index contributed by atoms with van der Waals surface area (Å²) < 4.78 is 10.3. The molecule has 0 saturated heterocycles. The van der Waals surface area contributed by atoms with Crippen molar-refractivity contribution in [1.29, 1.82) is 0 Å². The third kappa shape index (κ3) is 4.02. The standard InChI is InChI=1S/C17H18N2O3/c1-21-14-8-9-15(16(11-14)22-2)19-17(20)10-5-12-3-6-13(18)7-4-12/h3-11H,18H2,1-2H3,(H,19,20)/b10-5+. The zero-order valence-electron chi connectivity index (χ0n) is 12.5. The van der Waals surface area contributed by atoms with E-state index in [1.54, 1.807) is 43.5 Å². The number of hydrogen-bond acceptors (Lipinski definition) is 4. The summed E-state index contributed by atoms with van der Waals surface area (Å²) in [6, 6.07) is 12.4. The Bertz CT molecular complexity index is 679. The second kappa shape index (κ2) is 7.17. The summed E-state index contributed by atoms with van der Waals surface area (Å²) >= 11 is 0. The van der Waals surface area contributed by atoms with Gasteiger partial charge in [-0.2, -0.15) is 0 Å². The van der Waals surface area contributed by atoms with E-state index in [0.29, 0.717) is 22.9 Å². The number of benzene rings is 2. The minimum absolute atomic E-state index is 0.250. The van der Waals surface area contributed by atoms with Crippen LogP contribution in [0.1, 0.15) is 5.56 Å². The summed E-state index contributed by atoms with van der Waals surface area (Å²) in [4.78, 5) is 12.0. The molecular weight excluding hydrogens is 280 g/mol. The molecule has 1 amide bonds. The number of hydrogen-bond donors (Lipinski definition) is 2. The summed E-state index contributed by atoms with van der Waals surface area (Å²) in [5, 5.41) is 2.76. The first-order valence-corrected chi connectivity index (χ1v) is 6.69. The lowest BCUT2D eigenvalue weighted by atomic mass is 10.2. The smallest absolute Gasteiger partial charge is 0.248 e. The van der Waals surface area contributed by atoms with Crippen LogP contribution < -0.4 is 20.5 Å². The van der Waals surface area contributed by atoms with E-state index in [0.717, 1.165) is 5.56 Å². The molecule has 2 aromatic rings. The predicted octanol–water partition coefficient (Wildman–Crippen LogP) is 2.94. The SMILES string of the molecule is COc1ccc(NC(=O)/C=C/c2ccc(N)cc2)c(OC)c1. The Balaban J connectivity index is 2.07. The molecule has 2 rings (SSSR count). The quantitative estimate of drug-likeness (QED) is 0.657. The predicted molar refractivity (Wildman–Crippen MR) is 88.1 cm³/mol.